The first-order valence-corrected chi connectivity index (χ1v) is 12.2. The molecule has 0 radical (unpaired) electrons. The second-order valence-electron chi connectivity index (χ2n) is 10.3. The number of rotatable bonds is 5. The number of aromatic nitrogens is 3. The maximum atomic E-state index is 12.0. The number of carboxylic acid groups (broad SMARTS) is 1. The molecule has 1 N–H and O–H groups in total. The molecule has 180 valence electrons. The molecule has 2 bridgehead atoms. The van der Waals surface area contributed by atoms with Crippen molar-refractivity contribution in [2.75, 3.05) is 37.7 Å². The van der Waals surface area contributed by atoms with Crippen LogP contribution < -0.4 is 9.64 Å². The highest BCUT2D eigenvalue weighted by molar-refractivity contribution is 5.68. The van der Waals surface area contributed by atoms with Crippen molar-refractivity contribution in [2.24, 2.45) is 16.7 Å². The van der Waals surface area contributed by atoms with E-state index >= 15 is 0 Å². The van der Waals surface area contributed by atoms with Crippen molar-refractivity contribution < 1.29 is 19.4 Å². The van der Waals surface area contributed by atoms with E-state index in [9.17, 15) is 9.90 Å². The van der Waals surface area contributed by atoms with E-state index in [2.05, 4.69) is 32.8 Å². The van der Waals surface area contributed by atoms with E-state index in [1.807, 2.05) is 19.2 Å². The number of amides is 1. The summed E-state index contributed by atoms with van der Waals surface area (Å²) in [4.78, 5) is 29.4. The molecule has 2 saturated heterocycles. The topological polar surface area (TPSA) is 101 Å². The van der Waals surface area contributed by atoms with E-state index in [-0.39, 0.29) is 22.9 Å². The summed E-state index contributed by atoms with van der Waals surface area (Å²) < 4.78 is 12.9. The fraction of sp³-hybridized carbons (Fsp3) is 0.600. The van der Waals surface area contributed by atoms with Crippen LogP contribution in [0.5, 0.6) is 5.88 Å². The molecule has 34 heavy (non-hydrogen) atoms. The normalized spacial score (nSPS) is 29.0. The summed E-state index contributed by atoms with van der Waals surface area (Å²) in [6.45, 7) is 6.92. The lowest BCUT2D eigenvalue weighted by Crippen LogP contribution is -2.68. The third-order valence-corrected chi connectivity index (χ3v) is 8.68. The molecule has 4 aliphatic rings. The summed E-state index contributed by atoms with van der Waals surface area (Å²) in [5, 5.41) is 9.84. The van der Waals surface area contributed by atoms with Gasteiger partial charge in [-0.05, 0) is 43.7 Å². The summed E-state index contributed by atoms with van der Waals surface area (Å²) in [5.74, 6) is 1.39. The van der Waals surface area contributed by atoms with Gasteiger partial charge in [0.1, 0.15) is 18.2 Å². The van der Waals surface area contributed by atoms with Crippen molar-refractivity contribution in [3.05, 3.63) is 35.9 Å². The molecule has 0 aromatic carbocycles. The Morgan fingerprint density at radius 3 is 2.94 bits per heavy atom. The number of anilines is 2. The number of piperidine rings is 1. The summed E-state index contributed by atoms with van der Waals surface area (Å²) in [6, 6.07) is 4.03. The van der Waals surface area contributed by atoms with E-state index < -0.39 is 6.09 Å². The second-order valence-corrected chi connectivity index (χ2v) is 10.3. The predicted molar refractivity (Wildman–Crippen MR) is 124 cm³/mol. The van der Waals surface area contributed by atoms with E-state index in [4.69, 9.17) is 9.47 Å². The van der Waals surface area contributed by atoms with Crippen molar-refractivity contribution in [2.45, 2.75) is 45.6 Å². The lowest BCUT2D eigenvalue weighted by molar-refractivity contribution is -0.194. The molecule has 2 aromatic rings. The fourth-order valence-corrected chi connectivity index (χ4v) is 6.68. The lowest BCUT2D eigenvalue weighted by atomic mass is 9.61. The minimum absolute atomic E-state index is 0.0304. The van der Waals surface area contributed by atoms with Gasteiger partial charge in [0.25, 0.3) is 0 Å². The Labute approximate surface area is 199 Å². The molecule has 1 aliphatic carbocycles. The van der Waals surface area contributed by atoms with Crippen molar-refractivity contribution in [3.63, 3.8) is 0 Å². The lowest BCUT2D eigenvalue weighted by Gasteiger charge is -2.57. The van der Waals surface area contributed by atoms with E-state index in [0.29, 0.717) is 32.2 Å². The molecule has 2 aromatic heterocycles. The summed E-state index contributed by atoms with van der Waals surface area (Å²) in [5.41, 5.74) is 2.73. The summed E-state index contributed by atoms with van der Waals surface area (Å²) in [6.07, 6.45) is 6.43. The van der Waals surface area contributed by atoms with E-state index in [1.54, 1.807) is 11.2 Å². The molecular formula is C25H31N5O4. The number of carbonyl (C=O) groups is 1. The number of fused-ring (bicyclic) bond motifs is 3. The molecule has 9 heteroatoms. The maximum absolute atomic E-state index is 12.0. The number of ether oxygens (including phenoxy) is 2. The van der Waals surface area contributed by atoms with E-state index in [1.165, 1.54) is 0 Å². The Kier molecular flexibility index (Phi) is 4.95. The zero-order valence-corrected chi connectivity index (χ0v) is 19.7. The van der Waals surface area contributed by atoms with Crippen molar-refractivity contribution in [3.8, 4) is 5.88 Å². The largest absolute Gasteiger partial charge is 0.473 e. The Bertz CT molecular complexity index is 1120. The van der Waals surface area contributed by atoms with Gasteiger partial charge in [0, 0.05) is 38.2 Å². The number of pyridine rings is 1. The molecule has 0 spiro atoms. The zero-order valence-electron chi connectivity index (χ0n) is 19.7. The Balaban J connectivity index is 1.36. The van der Waals surface area contributed by atoms with Gasteiger partial charge in [0.05, 0.1) is 35.6 Å². The molecule has 1 amide bonds. The van der Waals surface area contributed by atoms with Gasteiger partial charge in [0.2, 0.25) is 5.88 Å². The molecule has 3 atom stereocenters. The van der Waals surface area contributed by atoms with Crippen LogP contribution in [0.3, 0.4) is 0 Å². The van der Waals surface area contributed by atoms with Crippen LogP contribution >= 0.6 is 0 Å². The van der Waals surface area contributed by atoms with Crippen LogP contribution in [0.2, 0.25) is 0 Å². The fourth-order valence-electron chi connectivity index (χ4n) is 6.68. The number of likely N-dealkylation sites (tertiary alicyclic amines) is 1. The van der Waals surface area contributed by atoms with Crippen LogP contribution in [0.15, 0.2) is 24.7 Å². The second kappa shape index (κ2) is 7.80. The Hall–Kier alpha value is -2.94. The Morgan fingerprint density at radius 2 is 2.18 bits per heavy atom. The molecule has 5 heterocycles. The smallest absolute Gasteiger partial charge is 0.407 e. The first-order valence-electron chi connectivity index (χ1n) is 12.2. The molecular weight excluding hydrogens is 434 g/mol. The van der Waals surface area contributed by atoms with Gasteiger partial charge < -0.3 is 24.4 Å². The molecule has 3 fully saturated rings. The number of hydrogen-bond acceptors (Lipinski definition) is 7. The average Bonchev–Trinajstić information content (AvgIpc) is 3.53. The average molecular weight is 466 g/mol. The van der Waals surface area contributed by atoms with Crippen molar-refractivity contribution >= 4 is 17.6 Å². The molecule has 3 unspecified atom stereocenters. The van der Waals surface area contributed by atoms with Crippen molar-refractivity contribution in [1.82, 2.24) is 19.9 Å². The summed E-state index contributed by atoms with van der Waals surface area (Å²) in [7, 11) is 0. The maximum Gasteiger partial charge on any atom is 0.407 e. The molecule has 1 saturated carbocycles. The van der Waals surface area contributed by atoms with Crippen LogP contribution in [0.4, 0.5) is 16.3 Å². The van der Waals surface area contributed by atoms with Gasteiger partial charge in [-0.25, -0.2) is 14.8 Å². The highest BCUT2D eigenvalue weighted by Gasteiger charge is 2.67. The minimum Gasteiger partial charge on any atom is -0.473 e. The van der Waals surface area contributed by atoms with Crippen LogP contribution in [0.1, 0.15) is 37.4 Å². The standard InChI is InChI=1S/C25H31N5O4/c1-3-24(7-8-24)25-13-29(23(31)32)11-17(12-33-14-25)20(25)34-22-16(2)21(27-15-28-22)30-10-6-18-19(30)5-4-9-26-18/h4-5,9,15,17,20H,3,6-8,10-14H2,1-2H3,(H,31,32). The van der Waals surface area contributed by atoms with Gasteiger partial charge in [-0.2, -0.15) is 0 Å². The predicted octanol–water partition coefficient (Wildman–Crippen LogP) is 3.44. The van der Waals surface area contributed by atoms with Crippen LogP contribution in [-0.2, 0) is 11.2 Å². The molecule has 3 aliphatic heterocycles. The van der Waals surface area contributed by atoms with Gasteiger partial charge in [-0.1, -0.05) is 6.92 Å². The van der Waals surface area contributed by atoms with Crippen LogP contribution in [0.25, 0.3) is 0 Å². The van der Waals surface area contributed by atoms with Gasteiger partial charge in [-0.3, -0.25) is 4.98 Å². The SMILES string of the molecule is CCC1(C23COCC(CN(C(=O)O)C2)C3Oc2ncnc(N3CCc4ncccc43)c2C)CC1. The first kappa shape index (κ1) is 21.6. The molecule has 6 rings (SSSR count). The monoisotopic (exact) mass is 465 g/mol. The third kappa shape index (κ3) is 3.09. The first-order chi connectivity index (χ1) is 16.5. The quantitative estimate of drug-likeness (QED) is 0.717. The Morgan fingerprint density at radius 1 is 1.32 bits per heavy atom. The van der Waals surface area contributed by atoms with Gasteiger partial charge in [-0.15, -0.1) is 0 Å². The van der Waals surface area contributed by atoms with Gasteiger partial charge in [0.15, 0.2) is 0 Å². The van der Waals surface area contributed by atoms with Crippen LogP contribution in [0, 0.1) is 23.7 Å². The molecule has 9 nitrogen and oxygen atoms in total. The van der Waals surface area contributed by atoms with Crippen molar-refractivity contribution in [1.29, 1.82) is 0 Å². The minimum atomic E-state index is -0.858. The van der Waals surface area contributed by atoms with Crippen LogP contribution in [-0.4, -0.2) is 70.0 Å². The zero-order chi connectivity index (χ0) is 23.5. The summed E-state index contributed by atoms with van der Waals surface area (Å²) >= 11 is 0. The number of nitrogens with zero attached hydrogens (tertiary/aromatic N) is 5. The van der Waals surface area contributed by atoms with Gasteiger partial charge >= 0.3 is 6.09 Å². The number of hydrogen-bond donors (Lipinski definition) is 1. The third-order valence-electron chi connectivity index (χ3n) is 8.68. The highest BCUT2D eigenvalue weighted by Crippen LogP contribution is 2.66. The highest BCUT2D eigenvalue weighted by atomic mass is 16.5. The van der Waals surface area contributed by atoms with E-state index in [0.717, 1.165) is 55.0 Å².